The summed E-state index contributed by atoms with van der Waals surface area (Å²) in [5, 5.41) is 0. The average molecular weight is 436 g/mol. The molecule has 8 heteroatoms. The van der Waals surface area contributed by atoms with Crippen molar-refractivity contribution in [2.75, 3.05) is 6.61 Å². The van der Waals surface area contributed by atoms with Gasteiger partial charge in [-0.2, -0.15) is 4.72 Å². The van der Waals surface area contributed by atoms with Gasteiger partial charge in [0, 0.05) is 4.47 Å². The molecule has 1 unspecified atom stereocenters. The number of carbonyl (C=O) groups excluding carboxylic acids is 1. The Kier molecular flexibility index (Phi) is 7.21. The molecule has 6 nitrogen and oxygen atoms in total. The number of hydrogen-bond donors (Lipinski definition) is 1. The second-order valence-corrected chi connectivity index (χ2v) is 10.2. The van der Waals surface area contributed by atoms with E-state index in [1.165, 1.54) is 12.1 Å². The number of nitrogens with one attached hydrogen (secondary N) is 1. The number of benzene rings is 1. The van der Waals surface area contributed by atoms with Crippen molar-refractivity contribution < 1.29 is 22.7 Å². The summed E-state index contributed by atoms with van der Waals surface area (Å²) >= 11 is 3.24. The molecule has 1 atom stereocenters. The van der Waals surface area contributed by atoms with Crippen molar-refractivity contribution in [3.8, 4) is 0 Å². The van der Waals surface area contributed by atoms with Crippen LogP contribution in [-0.4, -0.2) is 38.2 Å². The first kappa shape index (κ1) is 22.1. The number of sulfonamides is 1. The minimum atomic E-state index is -3.91. The third kappa shape index (κ3) is 8.31. The molecule has 0 aliphatic heterocycles. The first-order valence-corrected chi connectivity index (χ1v) is 10.1. The van der Waals surface area contributed by atoms with Crippen LogP contribution in [0.25, 0.3) is 0 Å². The van der Waals surface area contributed by atoms with E-state index in [1.54, 1.807) is 32.9 Å². The maximum Gasteiger partial charge on any atom is 0.327 e. The Morgan fingerprint density at radius 2 is 1.76 bits per heavy atom. The fourth-order valence-electron chi connectivity index (χ4n) is 1.75. The second kappa shape index (κ2) is 8.16. The van der Waals surface area contributed by atoms with Crippen molar-refractivity contribution in [3.63, 3.8) is 0 Å². The van der Waals surface area contributed by atoms with Crippen LogP contribution in [0.4, 0.5) is 0 Å². The summed E-state index contributed by atoms with van der Waals surface area (Å²) in [4.78, 5) is 12.5. The zero-order chi connectivity index (χ0) is 19.5. The molecule has 0 heterocycles. The predicted octanol–water partition coefficient (Wildman–Crippen LogP) is 3.25. The summed E-state index contributed by atoms with van der Waals surface area (Å²) in [7, 11) is -3.91. The highest BCUT2D eigenvalue weighted by atomic mass is 79.9. The number of hydrogen-bond acceptors (Lipinski definition) is 5. The van der Waals surface area contributed by atoms with Gasteiger partial charge >= 0.3 is 5.97 Å². The molecule has 0 bridgehead atoms. The predicted molar refractivity (Wildman–Crippen MR) is 99.8 cm³/mol. The van der Waals surface area contributed by atoms with E-state index in [2.05, 4.69) is 20.7 Å². The third-order valence-corrected chi connectivity index (χ3v) is 4.74. The molecule has 0 aromatic heterocycles. The maximum absolute atomic E-state index is 12.6. The van der Waals surface area contributed by atoms with Gasteiger partial charge in [0.1, 0.15) is 11.6 Å². The molecule has 0 saturated carbocycles. The summed E-state index contributed by atoms with van der Waals surface area (Å²) < 4.78 is 39.1. The topological polar surface area (TPSA) is 81.7 Å². The molecular formula is C17H26BrNO5S. The van der Waals surface area contributed by atoms with Crippen molar-refractivity contribution in [1.29, 1.82) is 0 Å². The molecule has 0 fully saturated rings. The number of halogens is 1. The Balaban J connectivity index is 3.04. The molecule has 25 heavy (non-hydrogen) atoms. The van der Waals surface area contributed by atoms with Crippen LogP contribution < -0.4 is 4.72 Å². The molecule has 142 valence electrons. The van der Waals surface area contributed by atoms with E-state index in [1.807, 2.05) is 20.8 Å². The number of carbonyl (C=O) groups is 1. The minimum Gasteiger partial charge on any atom is -0.459 e. The standard InChI is InChI=1S/C17H26BrNO5S/c1-16(2,3)23-11-14(15(20)24-17(4,5)6)19-25(21,22)13-9-7-8-12(18)10-13/h7-10,14,19H,11H2,1-6H3. The van der Waals surface area contributed by atoms with Crippen molar-refractivity contribution in [3.05, 3.63) is 28.7 Å². The third-order valence-electron chi connectivity index (χ3n) is 2.78. The molecular weight excluding hydrogens is 410 g/mol. The highest BCUT2D eigenvalue weighted by molar-refractivity contribution is 9.10. The summed E-state index contributed by atoms with van der Waals surface area (Å²) in [5.74, 6) is -0.685. The average Bonchev–Trinajstić information content (AvgIpc) is 2.40. The van der Waals surface area contributed by atoms with E-state index >= 15 is 0 Å². The Bertz CT molecular complexity index is 704. The van der Waals surface area contributed by atoms with E-state index < -0.39 is 33.2 Å². The SMILES string of the molecule is CC(C)(C)OCC(NS(=O)(=O)c1cccc(Br)c1)C(=O)OC(C)(C)C. The lowest BCUT2D eigenvalue weighted by atomic mass is 10.2. The van der Waals surface area contributed by atoms with Crippen LogP contribution in [0.2, 0.25) is 0 Å². The normalized spacial score (nSPS) is 14.2. The van der Waals surface area contributed by atoms with Crippen LogP contribution in [-0.2, 0) is 24.3 Å². The van der Waals surface area contributed by atoms with Crippen LogP contribution in [0.15, 0.2) is 33.6 Å². The molecule has 0 saturated heterocycles. The highest BCUT2D eigenvalue weighted by Gasteiger charge is 2.31. The Hall–Kier alpha value is -0.960. The lowest BCUT2D eigenvalue weighted by Crippen LogP contribution is -2.48. The van der Waals surface area contributed by atoms with Gasteiger partial charge in [-0.05, 0) is 59.7 Å². The Labute approximate surface area is 158 Å². The fraction of sp³-hybridized carbons (Fsp3) is 0.588. The molecule has 0 spiro atoms. The maximum atomic E-state index is 12.6. The van der Waals surface area contributed by atoms with Gasteiger partial charge in [-0.1, -0.05) is 22.0 Å². The smallest absolute Gasteiger partial charge is 0.327 e. The second-order valence-electron chi connectivity index (χ2n) is 7.59. The largest absolute Gasteiger partial charge is 0.459 e. The molecule has 0 aliphatic rings. The van der Waals surface area contributed by atoms with E-state index in [0.717, 1.165) is 0 Å². The van der Waals surface area contributed by atoms with Crippen LogP contribution >= 0.6 is 15.9 Å². The van der Waals surface area contributed by atoms with E-state index in [9.17, 15) is 13.2 Å². The molecule has 0 radical (unpaired) electrons. The van der Waals surface area contributed by atoms with E-state index in [4.69, 9.17) is 9.47 Å². The molecule has 1 rings (SSSR count). The quantitative estimate of drug-likeness (QED) is 0.693. The van der Waals surface area contributed by atoms with Crippen LogP contribution in [0, 0.1) is 0 Å². The zero-order valence-corrected chi connectivity index (χ0v) is 17.8. The Morgan fingerprint density at radius 3 is 2.24 bits per heavy atom. The molecule has 0 amide bonds. The molecule has 1 aromatic rings. The van der Waals surface area contributed by atoms with Gasteiger partial charge in [0.05, 0.1) is 17.1 Å². The number of esters is 1. The van der Waals surface area contributed by atoms with Crippen molar-refractivity contribution >= 4 is 31.9 Å². The van der Waals surface area contributed by atoms with Gasteiger partial charge in [0.2, 0.25) is 10.0 Å². The summed E-state index contributed by atoms with van der Waals surface area (Å²) in [5.41, 5.74) is -1.26. The Morgan fingerprint density at radius 1 is 1.16 bits per heavy atom. The van der Waals surface area contributed by atoms with Crippen LogP contribution in [0.3, 0.4) is 0 Å². The molecule has 0 aliphatic carbocycles. The highest BCUT2D eigenvalue weighted by Crippen LogP contribution is 2.18. The lowest BCUT2D eigenvalue weighted by Gasteiger charge is -2.27. The molecule has 1 N–H and O–H groups in total. The van der Waals surface area contributed by atoms with Crippen molar-refractivity contribution in [2.24, 2.45) is 0 Å². The summed E-state index contributed by atoms with van der Waals surface area (Å²) in [6.07, 6.45) is 0. The first-order chi connectivity index (χ1) is 11.2. The minimum absolute atomic E-state index is 0.0474. The summed E-state index contributed by atoms with van der Waals surface area (Å²) in [6.45, 7) is 10.5. The van der Waals surface area contributed by atoms with Crippen molar-refractivity contribution in [2.45, 2.75) is 63.7 Å². The monoisotopic (exact) mass is 435 g/mol. The van der Waals surface area contributed by atoms with Gasteiger partial charge in [-0.15, -0.1) is 0 Å². The fourth-order valence-corrected chi connectivity index (χ4v) is 3.51. The van der Waals surface area contributed by atoms with Crippen LogP contribution in [0.1, 0.15) is 41.5 Å². The van der Waals surface area contributed by atoms with Gasteiger partial charge in [-0.25, -0.2) is 8.42 Å². The molecule has 1 aromatic carbocycles. The van der Waals surface area contributed by atoms with E-state index in [0.29, 0.717) is 4.47 Å². The number of rotatable bonds is 6. The zero-order valence-electron chi connectivity index (χ0n) is 15.4. The first-order valence-electron chi connectivity index (χ1n) is 7.84. The van der Waals surface area contributed by atoms with E-state index in [-0.39, 0.29) is 11.5 Å². The van der Waals surface area contributed by atoms with Gasteiger partial charge in [0.15, 0.2) is 0 Å². The summed E-state index contributed by atoms with van der Waals surface area (Å²) in [6, 6.07) is 5.07. The van der Waals surface area contributed by atoms with Crippen molar-refractivity contribution in [1.82, 2.24) is 4.72 Å². The van der Waals surface area contributed by atoms with Crippen LogP contribution in [0.5, 0.6) is 0 Å². The van der Waals surface area contributed by atoms with Gasteiger partial charge in [-0.3, -0.25) is 4.79 Å². The van der Waals surface area contributed by atoms with Gasteiger partial charge in [0.25, 0.3) is 0 Å². The van der Waals surface area contributed by atoms with Gasteiger partial charge < -0.3 is 9.47 Å². The lowest BCUT2D eigenvalue weighted by molar-refractivity contribution is -0.159. The number of ether oxygens (including phenoxy) is 2.